The van der Waals surface area contributed by atoms with Crippen LogP contribution in [0.3, 0.4) is 0 Å². The predicted molar refractivity (Wildman–Crippen MR) is 86.1 cm³/mol. The van der Waals surface area contributed by atoms with Gasteiger partial charge in [-0.15, -0.1) is 0 Å². The molecule has 136 valence electrons. The second-order valence-corrected chi connectivity index (χ2v) is 7.61. The molecule has 0 aliphatic heterocycles. The molecule has 24 heavy (non-hydrogen) atoms. The molecule has 0 aromatic heterocycles. The highest BCUT2D eigenvalue weighted by Crippen LogP contribution is 2.49. The first-order valence-corrected chi connectivity index (χ1v) is 8.84. The largest absolute Gasteiger partial charge is 0.481 e. The van der Waals surface area contributed by atoms with Gasteiger partial charge in [-0.3, -0.25) is 14.4 Å². The number of carbonyl (C=O) groups excluding carboxylic acids is 2. The first-order chi connectivity index (χ1) is 11.3. The molecule has 2 atom stereocenters. The predicted octanol–water partition coefficient (Wildman–Crippen LogP) is 2.65. The lowest BCUT2D eigenvalue weighted by molar-refractivity contribution is -0.172. The van der Waals surface area contributed by atoms with Crippen molar-refractivity contribution in [2.75, 3.05) is 13.2 Å². The van der Waals surface area contributed by atoms with Crippen molar-refractivity contribution >= 4 is 17.9 Å². The highest BCUT2D eigenvalue weighted by atomic mass is 16.6. The van der Waals surface area contributed by atoms with E-state index in [1.54, 1.807) is 13.8 Å². The Morgan fingerprint density at radius 1 is 0.958 bits per heavy atom. The van der Waals surface area contributed by atoms with Crippen LogP contribution >= 0.6 is 0 Å². The Balaban J connectivity index is 1.84. The molecule has 0 heterocycles. The van der Waals surface area contributed by atoms with Gasteiger partial charge in [0.25, 0.3) is 0 Å². The first-order valence-electron chi connectivity index (χ1n) is 8.84. The average molecular weight is 340 g/mol. The summed E-state index contributed by atoms with van der Waals surface area (Å²) < 4.78 is 10.4. The molecule has 0 radical (unpaired) electrons. The van der Waals surface area contributed by atoms with Gasteiger partial charge in [-0.2, -0.15) is 0 Å². The highest BCUT2D eigenvalue weighted by Gasteiger charge is 2.51. The Kier molecular flexibility index (Phi) is 5.88. The molecule has 3 rings (SSSR count). The zero-order chi connectivity index (χ0) is 17.9. The smallest absolute Gasteiger partial charge is 0.311 e. The molecule has 3 fully saturated rings. The lowest BCUT2D eigenvalue weighted by atomic mass is 9.58. The van der Waals surface area contributed by atoms with E-state index in [-0.39, 0.29) is 31.0 Å². The number of hydrogen-bond donors (Lipinski definition) is 1. The molecule has 2 unspecified atom stereocenters. The number of hydrogen-bond acceptors (Lipinski definition) is 5. The fraction of sp³-hybridized carbons (Fsp3) is 0.833. The zero-order valence-electron chi connectivity index (χ0n) is 14.7. The SMILES string of the molecule is CCC(C)(C)C(=O)OCCOC(=O)C1C2CCC(CC2)C1C(=O)O. The number of carboxylic acid groups (broad SMARTS) is 1. The molecule has 3 aliphatic carbocycles. The van der Waals surface area contributed by atoms with Crippen molar-refractivity contribution in [2.24, 2.45) is 29.1 Å². The number of esters is 2. The maximum absolute atomic E-state index is 12.4. The van der Waals surface area contributed by atoms with E-state index in [9.17, 15) is 19.5 Å². The average Bonchev–Trinajstić information content (AvgIpc) is 2.58. The third-order valence-electron chi connectivity index (χ3n) is 5.77. The van der Waals surface area contributed by atoms with Crippen molar-refractivity contribution in [3.63, 3.8) is 0 Å². The van der Waals surface area contributed by atoms with Crippen molar-refractivity contribution < 1.29 is 29.0 Å². The fourth-order valence-electron chi connectivity index (χ4n) is 3.86. The van der Waals surface area contributed by atoms with Crippen molar-refractivity contribution in [1.82, 2.24) is 0 Å². The van der Waals surface area contributed by atoms with Crippen LogP contribution in [-0.4, -0.2) is 36.2 Å². The molecule has 6 nitrogen and oxygen atoms in total. The van der Waals surface area contributed by atoms with Crippen LogP contribution in [0.4, 0.5) is 0 Å². The standard InChI is InChI=1S/C18H28O6/c1-4-18(2,3)17(22)24-10-9-23-16(21)14-12-7-5-11(6-8-12)13(14)15(19)20/h11-14H,4-10H2,1-3H3,(H,19,20). The number of fused-ring (bicyclic) bond motifs is 3. The van der Waals surface area contributed by atoms with Crippen LogP contribution in [0.15, 0.2) is 0 Å². The van der Waals surface area contributed by atoms with Crippen LogP contribution in [0, 0.1) is 29.1 Å². The Bertz CT molecular complexity index is 490. The van der Waals surface area contributed by atoms with Gasteiger partial charge in [0, 0.05) is 0 Å². The van der Waals surface area contributed by atoms with Gasteiger partial charge in [-0.05, 0) is 57.8 Å². The summed E-state index contributed by atoms with van der Waals surface area (Å²) in [7, 11) is 0. The Hall–Kier alpha value is -1.59. The van der Waals surface area contributed by atoms with Gasteiger partial charge >= 0.3 is 17.9 Å². The van der Waals surface area contributed by atoms with E-state index in [1.807, 2.05) is 6.92 Å². The topological polar surface area (TPSA) is 89.9 Å². The Labute approximate surface area is 142 Å². The van der Waals surface area contributed by atoms with Crippen molar-refractivity contribution in [2.45, 2.75) is 52.9 Å². The summed E-state index contributed by atoms with van der Waals surface area (Å²) in [4.78, 5) is 35.8. The van der Waals surface area contributed by atoms with E-state index < -0.39 is 29.2 Å². The molecule has 0 aromatic carbocycles. The van der Waals surface area contributed by atoms with E-state index in [2.05, 4.69) is 0 Å². The molecule has 0 saturated heterocycles. The molecule has 0 aromatic rings. The first kappa shape index (κ1) is 18.7. The quantitative estimate of drug-likeness (QED) is 0.566. The second kappa shape index (κ2) is 7.53. The maximum atomic E-state index is 12.4. The van der Waals surface area contributed by atoms with Gasteiger partial charge < -0.3 is 14.6 Å². The number of aliphatic carboxylic acids is 1. The van der Waals surface area contributed by atoms with Crippen LogP contribution in [0.5, 0.6) is 0 Å². The number of ether oxygens (including phenoxy) is 2. The maximum Gasteiger partial charge on any atom is 0.311 e. The van der Waals surface area contributed by atoms with Crippen LogP contribution in [0.2, 0.25) is 0 Å². The Morgan fingerprint density at radius 2 is 1.46 bits per heavy atom. The lowest BCUT2D eigenvalue weighted by Gasteiger charge is -2.45. The second-order valence-electron chi connectivity index (χ2n) is 7.61. The Morgan fingerprint density at radius 3 is 1.96 bits per heavy atom. The molecule has 3 saturated carbocycles. The minimum atomic E-state index is -0.900. The molecular weight excluding hydrogens is 312 g/mol. The van der Waals surface area contributed by atoms with Crippen molar-refractivity contribution in [3.8, 4) is 0 Å². The lowest BCUT2D eigenvalue weighted by Crippen LogP contribution is -2.48. The molecule has 1 N–H and O–H groups in total. The van der Waals surface area contributed by atoms with Gasteiger partial charge in [0.15, 0.2) is 0 Å². The van der Waals surface area contributed by atoms with Crippen LogP contribution in [0.25, 0.3) is 0 Å². The van der Waals surface area contributed by atoms with Crippen LogP contribution < -0.4 is 0 Å². The number of carbonyl (C=O) groups is 3. The minimum absolute atomic E-state index is 0.00650. The summed E-state index contributed by atoms with van der Waals surface area (Å²) in [5, 5.41) is 9.46. The third kappa shape index (κ3) is 3.90. The van der Waals surface area contributed by atoms with Crippen molar-refractivity contribution in [1.29, 1.82) is 0 Å². The summed E-state index contributed by atoms with van der Waals surface area (Å²) in [6.45, 7) is 5.50. The molecule has 0 spiro atoms. The van der Waals surface area contributed by atoms with Gasteiger partial charge in [0.05, 0.1) is 17.3 Å². The monoisotopic (exact) mass is 340 g/mol. The van der Waals surface area contributed by atoms with Crippen LogP contribution in [-0.2, 0) is 23.9 Å². The van der Waals surface area contributed by atoms with E-state index in [0.29, 0.717) is 6.42 Å². The van der Waals surface area contributed by atoms with E-state index >= 15 is 0 Å². The van der Waals surface area contributed by atoms with Crippen LogP contribution in [0.1, 0.15) is 52.9 Å². The van der Waals surface area contributed by atoms with E-state index in [4.69, 9.17) is 9.47 Å². The molecule has 6 heteroatoms. The van der Waals surface area contributed by atoms with Crippen molar-refractivity contribution in [3.05, 3.63) is 0 Å². The number of rotatable bonds is 7. The number of carboxylic acids is 1. The van der Waals surface area contributed by atoms with Gasteiger partial charge in [-0.1, -0.05) is 6.92 Å². The molecular formula is C18H28O6. The minimum Gasteiger partial charge on any atom is -0.481 e. The van der Waals surface area contributed by atoms with E-state index in [1.165, 1.54) is 0 Å². The highest BCUT2D eigenvalue weighted by molar-refractivity contribution is 5.82. The summed E-state index contributed by atoms with van der Waals surface area (Å²) in [6, 6.07) is 0. The van der Waals surface area contributed by atoms with Gasteiger partial charge in [0.2, 0.25) is 0 Å². The summed E-state index contributed by atoms with van der Waals surface area (Å²) >= 11 is 0. The summed E-state index contributed by atoms with van der Waals surface area (Å²) in [5.41, 5.74) is -0.555. The normalized spacial score (nSPS) is 29.1. The van der Waals surface area contributed by atoms with E-state index in [0.717, 1.165) is 25.7 Å². The summed E-state index contributed by atoms with van der Waals surface area (Å²) in [5.74, 6) is -2.69. The summed E-state index contributed by atoms with van der Waals surface area (Å²) in [6.07, 6.45) is 4.23. The zero-order valence-corrected chi connectivity index (χ0v) is 14.7. The third-order valence-corrected chi connectivity index (χ3v) is 5.77. The fourth-order valence-corrected chi connectivity index (χ4v) is 3.86. The van der Waals surface area contributed by atoms with Gasteiger partial charge in [-0.25, -0.2) is 0 Å². The molecule has 2 bridgehead atoms. The molecule has 3 aliphatic rings. The van der Waals surface area contributed by atoms with Gasteiger partial charge in [0.1, 0.15) is 13.2 Å². The molecule has 0 amide bonds.